The van der Waals surface area contributed by atoms with Crippen molar-refractivity contribution in [1.82, 2.24) is 5.43 Å². The van der Waals surface area contributed by atoms with Crippen molar-refractivity contribution < 1.29 is 9.59 Å². The van der Waals surface area contributed by atoms with Crippen molar-refractivity contribution >= 4 is 23.7 Å². The zero-order chi connectivity index (χ0) is 18.6. The molecular weight excluding hydrogens is 338 g/mol. The molecule has 0 radical (unpaired) electrons. The molecule has 2 aromatic carbocycles. The molecule has 0 aromatic heterocycles. The molecular formula is C22H21N3O2. The monoisotopic (exact) mass is 359 g/mol. The van der Waals surface area contributed by atoms with Crippen molar-refractivity contribution in [2.75, 3.05) is 5.32 Å². The Morgan fingerprint density at radius 2 is 1.63 bits per heavy atom. The molecule has 0 spiro atoms. The maximum Gasteiger partial charge on any atom is 0.271 e. The van der Waals surface area contributed by atoms with Crippen LogP contribution in [0.4, 0.5) is 5.69 Å². The molecule has 0 heterocycles. The summed E-state index contributed by atoms with van der Waals surface area (Å²) in [7, 11) is 0. The number of fused-ring (bicyclic) bond motifs is 2. The molecule has 1 fully saturated rings. The van der Waals surface area contributed by atoms with Crippen LogP contribution in [-0.4, -0.2) is 18.0 Å². The number of anilines is 1. The van der Waals surface area contributed by atoms with E-state index in [1.807, 2.05) is 24.4 Å². The number of hydrazone groups is 1. The van der Waals surface area contributed by atoms with Crippen LogP contribution in [0, 0.1) is 17.8 Å². The van der Waals surface area contributed by atoms with Crippen LogP contribution in [0.5, 0.6) is 0 Å². The second-order valence-electron chi connectivity index (χ2n) is 7.06. The van der Waals surface area contributed by atoms with Crippen LogP contribution in [0.15, 0.2) is 71.9 Å². The Morgan fingerprint density at radius 1 is 0.889 bits per heavy atom. The van der Waals surface area contributed by atoms with Crippen molar-refractivity contribution in [3.8, 4) is 0 Å². The third kappa shape index (κ3) is 3.97. The molecule has 2 aliphatic carbocycles. The van der Waals surface area contributed by atoms with Gasteiger partial charge < -0.3 is 5.32 Å². The SMILES string of the molecule is O=C(N/N=C/C1CC2C=CC1C2)c1ccc(NC(=O)c2ccccc2)cc1. The largest absolute Gasteiger partial charge is 0.322 e. The topological polar surface area (TPSA) is 70.6 Å². The van der Waals surface area contributed by atoms with Gasteiger partial charge in [0, 0.05) is 28.9 Å². The van der Waals surface area contributed by atoms with E-state index in [4.69, 9.17) is 0 Å². The predicted molar refractivity (Wildman–Crippen MR) is 106 cm³/mol. The van der Waals surface area contributed by atoms with Gasteiger partial charge in [0.25, 0.3) is 11.8 Å². The van der Waals surface area contributed by atoms with Gasteiger partial charge in [0.2, 0.25) is 0 Å². The van der Waals surface area contributed by atoms with Crippen LogP contribution in [0.1, 0.15) is 33.6 Å². The summed E-state index contributed by atoms with van der Waals surface area (Å²) in [5.41, 5.74) is 4.31. The Morgan fingerprint density at radius 3 is 2.30 bits per heavy atom. The van der Waals surface area contributed by atoms with Gasteiger partial charge in [-0.2, -0.15) is 5.10 Å². The van der Waals surface area contributed by atoms with Crippen LogP contribution >= 0.6 is 0 Å². The van der Waals surface area contributed by atoms with Crippen molar-refractivity contribution in [3.05, 3.63) is 77.9 Å². The van der Waals surface area contributed by atoms with Crippen molar-refractivity contribution in [3.63, 3.8) is 0 Å². The van der Waals surface area contributed by atoms with Crippen molar-refractivity contribution in [1.29, 1.82) is 0 Å². The van der Waals surface area contributed by atoms with Gasteiger partial charge in [-0.25, -0.2) is 5.43 Å². The number of rotatable bonds is 5. The van der Waals surface area contributed by atoms with E-state index in [1.165, 1.54) is 6.42 Å². The summed E-state index contributed by atoms with van der Waals surface area (Å²) in [6.07, 6.45) is 8.73. The Kier molecular flexibility index (Phi) is 4.83. The average molecular weight is 359 g/mol. The molecule has 2 amide bonds. The molecule has 27 heavy (non-hydrogen) atoms. The summed E-state index contributed by atoms with van der Waals surface area (Å²) in [4.78, 5) is 24.3. The first-order valence-corrected chi connectivity index (χ1v) is 9.17. The highest BCUT2D eigenvalue weighted by Crippen LogP contribution is 2.42. The van der Waals surface area contributed by atoms with Crippen LogP contribution < -0.4 is 10.7 Å². The van der Waals surface area contributed by atoms with E-state index in [-0.39, 0.29) is 11.8 Å². The number of amides is 2. The second-order valence-corrected chi connectivity index (χ2v) is 7.06. The summed E-state index contributed by atoms with van der Waals surface area (Å²) < 4.78 is 0. The number of nitrogens with zero attached hydrogens (tertiary/aromatic N) is 1. The fourth-order valence-electron chi connectivity index (χ4n) is 3.75. The van der Waals surface area contributed by atoms with E-state index in [2.05, 4.69) is 28.0 Å². The van der Waals surface area contributed by atoms with Gasteiger partial charge in [-0.15, -0.1) is 0 Å². The van der Waals surface area contributed by atoms with Crippen LogP contribution in [-0.2, 0) is 0 Å². The molecule has 2 aliphatic rings. The second kappa shape index (κ2) is 7.58. The molecule has 0 saturated heterocycles. The van der Waals surface area contributed by atoms with E-state index < -0.39 is 0 Å². The lowest BCUT2D eigenvalue weighted by Gasteiger charge is -2.12. The van der Waals surface area contributed by atoms with E-state index in [1.54, 1.807) is 36.4 Å². The first-order valence-electron chi connectivity index (χ1n) is 9.17. The van der Waals surface area contributed by atoms with E-state index in [0.717, 1.165) is 6.42 Å². The van der Waals surface area contributed by atoms with Crippen LogP contribution in [0.2, 0.25) is 0 Å². The van der Waals surface area contributed by atoms with Gasteiger partial charge in [-0.1, -0.05) is 30.4 Å². The van der Waals surface area contributed by atoms with Gasteiger partial charge in [0.1, 0.15) is 0 Å². The predicted octanol–water partition coefficient (Wildman–Crippen LogP) is 3.87. The Hall–Kier alpha value is -3.21. The molecule has 1 saturated carbocycles. The highest BCUT2D eigenvalue weighted by molar-refractivity contribution is 6.04. The smallest absolute Gasteiger partial charge is 0.271 e. The minimum absolute atomic E-state index is 0.183. The summed E-state index contributed by atoms with van der Waals surface area (Å²) >= 11 is 0. The van der Waals surface area contributed by atoms with Crippen LogP contribution in [0.3, 0.4) is 0 Å². The van der Waals surface area contributed by atoms with E-state index >= 15 is 0 Å². The lowest BCUT2D eigenvalue weighted by Crippen LogP contribution is -2.19. The molecule has 2 bridgehead atoms. The summed E-state index contributed by atoms with van der Waals surface area (Å²) in [5, 5.41) is 6.94. The van der Waals surface area contributed by atoms with Gasteiger partial charge in [-0.3, -0.25) is 9.59 Å². The Bertz CT molecular complexity index is 888. The molecule has 3 atom stereocenters. The number of carbonyl (C=O) groups excluding carboxylic acids is 2. The van der Waals surface area contributed by atoms with Gasteiger partial charge in [0.15, 0.2) is 0 Å². The van der Waals surface area contributed by atoms with Crippen LogP contribution in [0.25, 0.3) is 0 Å². The maximum absolute atomic E-state index is 12.2. The molecule has 136 valence electrons. The first-order chi connectivity index (χ1) is 13.2. The highest BCUT2D eigenvalue weighted by atomic mass is 16.2. The zero-order valence-corrected chi connectivity index (χ0v) is 14.8. The summed E-state index contributed by atoms with van der Waals surface area (Å²) in [5.74, 6) is 1.24. The Labute approximate surface area is 158 Å². The van der Waals surface area contributed by atoms with Crippen molar-refractivity contribution in [2.45, 2.75) is 12.8 Å². The van der Waals surface area contributed by atoms with Crippen molar-refractivity contribution in [2.24, 2.45) is 22.9 Å². The number of carbonyl (C=O) groups is 2. The third-order valence-corrected chi connectivity index (χ3v) is 5.20. The molecule has 3 unspecified atom stereocenters. The maximum atomic E-state index is 12.2. The number of nitrogens with one attached hydrogen (secondary N) is 2. The normalized spacial score (nSPS) is 22.9. The molecule has 5 nitrogen and oxygen atoms in total. The number of hydrogen-bond donors (Lipinski definition) is 2. The fourth-order valence-corrected chi connectivity index (χ4v) is 3.75. The summed E-state index contributed by atoms with van der Waals surface area (Å²) in [6, 6.07) is 15.8. The first kappa shape index (κ1) is 17.2. The van der Waals surface area contributed by atoms with Gasteiger partial charge >= 0.3 is 0 Å². The fraction of sp³-hybridized carbons (Fsp3) is 0.227. The minimum atomic E-state index is -0.258. The number of benzene rings is 2. The highest BCUT2D eigenvalue weighted by Gasteiger charge is 2.34. The van der Waals surface area contributed by atoms with E-state index in [0.29, 0.717) is 34.6 Å². The molecule has 2 aromatic rings. The number of hydrogen-bond acceptors (Lipinski definition) is 3. The average Bonchev–Trinajstić information content (AvgIpc) is 3.32. The minimum Gasteiger partial charge on any atom is -0.322 e. The molecule has 0 aliphatic heterocycles. The van der Waals surface area contributed by atoms with E-state index in [9.17, 15) is 9.59 Å². The summed E-state index contributed by atoms with van der Waals surface area (Å²) in [6.45, 7) is 0. The Balaban J connectivity index is 1.31. The quantitative estimate of drug-likeness (QED) is 0.483. The molecule has 5 heteroatoms. The number of allylic oxidation sites excluding steroid dienone is 2. The van der Waals surface area contributed by atoms with Gasteiger partial charge in [-0.05, 0) is 61.1 Å². The third-order valence-electron chi connectivity index (χ3n) is 5.20. The van der Waals surface area contributed by atoms with Gasteiger partial charge in [0.05, 0.1) is 0 Å². The standard InChI is InChI=1S/C22H21N3O2/c26-21(16-4-2-1-3-5-16)24-20-10-8-17(9-11-20)22(27)25-23-14-19-13-15-6-7-18(19)12-15/h1-11,14-15,18-19H,12-13H2,(H,24,26)(H,25,27)/b23-14+. The zero-order valence-electron chi connectivity index (χ0n) is 14.8. The lowest BCUT2D eigenvalue weighted by molar-refractivity contribution is 0.0954. The lowest BCUT2D eigenvalue weighted by atomic mass is 9.95. The molecule has 2 N–H and O–H groups in total. The molecule has 4 rings (SSSR count).